The second kappa shape index (κ2) is 5.83. The van der Waals surface area contributed by atoms with Gasteiger partial charge in [-0.15, -0.1) is 0 Å². The van der Waals surface area contributed by atoms with Crippen LogP contribution >= 0.6 is 0 Å². The highest BCUT2D eigenvalue weighted by atomic mass is 16.4. The van der Waals surface area contributed by atoms with E-state index in [0.29, 0.717) is 18.2 Å². The van der Waals surface area contributed by atoms with Gasteiger partial charge in [0.1, 0.15) is 0 Å². The van der Waals surface area contributed by atoms with Crippen molar-refractivity contribution in [2.75, 3.05) is 6.54 Å². The van der Waals surface area contributed by atoms with E-state index < -0.39 is 0 Å². The van der Waals surface area contributed by atoms with Gasteiger partial charge in [-0.25, -0.2) is 4.79 Å². The summed E-state index contributed by atoms with van der Waals surface area (Å²) in [6.45, 7) is 3.80. The van der Waals surface area contributed by atoms with Crippen molar-refractivity contribution in [3.63, 3.8) is 0 Å². The van der Waals surface area contributed by atoms with Gasteiger partial charge in [0, 0.05) is 19.1 Å². The molecule has 4 nitrogen and oxygen atoms in total. The first-order chi connectivity index (χ1) is 9.75. The number of benzene rings is 1. The Morgan fingerprint density at radius 1 is 1.30 bits per heavy atom. The number of nitrogens with zero attached hydrogens (tertiary/aromatic N) is 1. The number of rotatable bonds is 4. The summed E-state index contributed by atoms with van der Waals surface area (Å²) in [7, 11) is 0. The van der Waals surface area contributed by atoms with E-state index in [0.717, 1.165) is 18.0 Å². The fraction of sp³-hybridized carbons (Fsp3) is 0.562. The van der Waals surface area contributed by atoms with Crippen molar-refractivity contribution in [3.8, 4) is 0 Å². The van der Waals surface area contributed by atoms with Crippen LogP contribution in [0, 0.1) is 5.92 Å². The number of aromatic nitrogens is 1. The van der Waals surface area contributed by atoms with Crippen LogP contribution in [-0.2, 0) is 6.54 Å². The van der Waals surface area contributed by atoms with Crippen LogP contribution in [0.25, 0.3) is 11.1 Å². The van der Waals surface area contributed by atoms with Gasteiger partial charge < -0.3 is 9.73 Å². The van der Waals surface area contributed by atoms with Crippen LogP contribution in [0.1, 0.15) is 32.6 Å². The van der Waals surface area contributed by atoms with Gasteiger partial charge in [0.2, 0.25) is 0 Å². The molecular formula is C16H22N2O2. The molecule has 3 rings (SSSR count). The van der Waals surface area contributed by atoms with Gasteiger partial charge in [-0.3, -0.25) is 4.57 Å². The fourth-order valence-corrected chi connectivity index (χ4v) is 3.21. The topological polar surface area (TPSA) is 47.2 Å². The molecule has 1 fully saturated rings. The van der Waals surface area contributed by atoms with Crippen LogP contribution in [0.15, 0.2) is 33.5 Å². The molecule has 2 unspecified atom stereocenters. The zero-order valence-electron chi connectivity index (χ0n) is 12.0. The molecule has 108 valence electrons. The zero-order valence-corrected chi connectivity index (χ0v) is 12.0. The molecule has 1 heterocycles. The minimum atomic E-state index is -0.260. The predicted molar refractivity (Wildman–Crippen MR) is 79.9 cm³/mol. The number of fused-ring (bicyclic) bond motifs is 1. The number of hydrogen-bond donors (Lipinski definition) is 1. The highest BCUT2D eigenvalue weighted by Gasteiger charge is 2.20. The number of nitrogens with one attached hydrogen (secondary N) is 1. The summed E-state index contributed by atoms with van der Waals surface area (Å²) in [5, 5.41) is 3.60. The molecule has 0 spiro atoms. The Balaban J connectivity index is 1.65. The van der Waals surface area contributed by atoms with Crippen LogP contribution in [0.5, 0.6) is 0 Å². The SMILES string of the molecule is CC1CCCCC1NCCn1c(=O)oc2ccccc21. The van der Waals surface area contributed by atoms with Crippen LogP contribution in [0.3, 0.4) is 0 Å². The summed E-state index contributed by atoms with van der Waals surface area (Å²) < 4.78 is 6.96. The van der Waals surface area contributed by atoms with Gasteiger partial charge in [0.15, 0.2) is 5.58 Å². The second-order valence-corrected chi connectivity index (χ2v) is 5.81. The second-order valence-electron chi connectivity index (χ2n) is 5.81. The zero-order chi connectivity index (χ0) is 13.9. The van der Waals surface area contributed by atoms with Gasteiger partial charge in [-0.05, 0) is 30.9 Å². The molecule has 1 aromatic carbocycles. The third-order valence-corrected chi connectivity index (χ3v) is 4.43. The molecule has 2 atom stereocenters. The lowest BCUT2D eigenvalue weighted by molar-refractivity contribution is 0.278. The monoisotopic (exact) mass is 274 g/mol. The van der Waals surface area contributed by atoms with E-state index in [1.807, 2.05) is 24.3 Å². The first kappa shape index (κ1) is 13.4. The molecule has 0 amide bonds. The van der Waals surface area contributed by atoms with Crippen molar-refractivity contribution in [1.29, 1.82) is 0 Å². The summed E-state index contributed by atoms with van der Waals surface area (Å²) >= 11 is 0. The molecule has 1 aliphatic carbocycles. The van der Waals surface area contributed by atoms with E-state index in [1.165, 1.54) is 25.7 Å². The molecule has 1 saturated carbocycles. The Morgan fingerprint density at radius 3 is 2.95 bits per heavy atom. The number of para-hydroxylation sites is 2. The maximum atomic E-state index is 11.9. The Bertz CT molecular complexity index is 629. The summed E-state index contributed by atoms with van der Waals surface area (Å²) in [5.74, 6) is 0.478. The molecule has 1 N–H and O–H groups in total. The molecule has 0 aliphatic heterocycles. The normalized spacial score (nSPS) is 23.2. The Labute approximate surface area is 118 Å². The highest BCUT2D eigenvalue weighted by Crippen LogP contribution is 2.23. The Kier molecular flexibility index (Phi) is 3.92. The van der Waals surface area contributed by atoms with E-state index >= 15 is 0 Å². The van der Waals surface area contributed by atoms with E-state index in [9.17, 15) is 4.79 Å². The van der Waals surface area contributed by atoms with Crippen molar-refractivity contribution in [1.82, 2.24) is 9.88 Å². The molecule has 2 aromatic rings. The van der Waals surface area contributed by atoms with Gasteiger partial charge in [0.25, 0.3) is 0 Å². The maximum absolute atomic E-state index is 11.9. The van der Waals surface area contributed by atoms with E-state index in [-0.39, 0.29) is 5.76 Å². The van der Waals surface area contributed by atoms with Crippen molar-refractivity contribution >= 4 is 11.1 Å². The van der Waals surface area contributed by atoms with Crippen molar-refractivity contribution in [2.45, 2.75) is 45.2 Å². The smallest absolute Gasteiger partial charge is 0.408 e. The standard InChI is InChI=1S/C16H22N2O2/c1-12-6-2-3-7-13(12)17-10-11-18-14-8-4-5-9-15(14)20-16(18)19/h4-5,8-9,12-13,17H,2-3,6-7,10-11H2,1H3. The number of oxazole rings is 1. The van der Waals surface area contributed by atoms with E-state index in [4.69, 9.17) is 4.42 Å². The summed E-state index contributed by atoms with van der Waals surface area (Å²) in [5.41, 5.74) is 1.56. The van der Waals surface area contributed by atoms with Gasteiger partial charge in [0.05, 0.1) is 5.52 Å². The molecule has 4 heteroatoms. The van der Waals surface area contributed by atoms with Crippen LogP contribution in [0.4, 0.5) is 0 Å². The van der Waals surface area contributed by atoms with E-state index in [1.54, 1.807) is 4.57 Å². The Morgan fingerprint density at radius 2 is 2.10 bits per heavy atom. The molecule has 1 aromatic heterocycles. The Hall–Kier alpha value is -1.55. The predicted octanol–water partition coefficient (Wildman–Crippen LogP) is 2.76. The summed E-state index contributed by atoms with van der Waals surface area (Å²) in [6.07, 6.45) is 5.23. The van der Waals surface area contributed by atoms with Crippen LogP contribution in [0.2, 0.25) is 0 Å². The number of hydrogen-bond acceptors (Lipinski definition) is 3. The van der Waals surface area contributed by atoms with Gasteiger partial charge in [-0.1, -0.05) is 31.9 Å². The third-order valence-electron chi connectivity index (χ3n) is 4.43. The minimum absolute atomic E-state index is 0.260. The van der Waals surface area contributed by atoms with Crippen molar-refractivity contribution in [2.24, 2.45) is 5.92 Å². The lowest BCUT2D eigenvalue weighted by Crippen LogP contribution is -2.39. The summed E-state index contributed by atoms with van der Waals surface area (Å²) in [6, 6.07) is 8.19. The molecule has 0 saturated heterocycles. The average molecular weight is 274 g/mol. The average Bonchev–Trinajstić information content (AvgIpc) is 2.77. The molecular weight excluding hydrogens is 252 g/mol. The third kappa shape index (κ3) is 2.66. The lowest BCUT2D eigenvalue weighted by Gasteiger charge is -2.29. The summed E-state index contributed by atoms with van der Waals surface area (Å²) in [4.78, 5) is 11.9. The van der Waals surface area contributed by atoms with Gasteiger partial charge >= 0.3 is 5.76 Å². The first-order valence-electron chi connectivity index (χ1n) is 7.57. The van der Waals surface area contributed by atoms with Crippen molar-refractivity contribution in [3.05, 3.63) is 34.8 Å². The van der Waals surface area contributed by atoms with Gasteiger partial charge in [-0.2, -0.15) is 0 Å². The quantitative estimate of drug-likeness (QED) is 0.932. The minimum Gasteiger partial charge on any atom is -0.408 e. The van der Waals surface area contributed by atoms with Crippen molar-refractivity contribution < 1.29 is 4.42 Å². The molecule has 20 heavy (non-hydrogen) atoms. The molecule has 1 aliphatic rings. The first-order valence-corrected chi connectivity index (χ1v) is 7.57. The lowest BCUT2D eigenvalue weighted by atomic mass is 9.86. The highest BCUT2D eigenvalue weighted by molar-refractivity contribution is 5.72. The molecule has 0 radical (unpaired) electrons. The van der Waals surface area contributed by atoms with Crippen LogP contribution < -0.4 is 11.1 Å². The van der Waals surface area contributed by atoms with E-state index in [2.05, 4.69) is 12.2 Å². The largest absolute Gasteiger partial charge is 0.419 e. The molecule has 0 bridgehead atoms. The maximum Gasteiger partial charge on any atom is 0.419 e. The fourth-order valence-electron chi connectivity index (χ4n) is 3.21. The van der Waals surface area contributed by atoms with Crippen LogP contribution in [-0.4, -0.2) is 17.2 Å².